The Morgan fingerprint density at radius 2 is 1.84 bits per heavy atom. The van der Waals surface area contributed by atoms with Crippen molar-refractivity contribution in [2.45, 2.75) is 65.6 Å². The first-order valence-corrected chi connectivity index (χ1v) is 13.2. The van der Waals surface area contributed by atoms with E-state index < -0.39 is 29.6 Å². The molecule has 1 aromatic carbocycles. The zero-order chi connectivity index (χ0) is 27.0. The number of aliphatic hydroxyl groups is 1. The number of rotatable bonds is 5. The summed E-state index contributed by atoms with van der Waals surface area (Å²) >= 11 is 0. The van der Waals surface area contributed by atoms with Crippen molar-refractivity contribution in [2.75, 3.05) is 6.61 Å². The Labute approximate surface area is 219 Å². The summed E-state index contributed by atoms with van der Waals surface area (Å²) < 4.78 is 11.8. The average Bonchev–Trinajstić information content (AvgIpc) is 3.26. The lowest BCUT2D eigenvalue weighted by Gasteiger charge is -2.34. The molecule has 1 aromatic rings. The van der Waals surface area contributed by atoms with E-state index in [0.717, 1.165) is 17.6 Å². The van der Waals surface area contributed by atoms with Gasteiger partial charge in [-0.3, -0.25) is 9.59 Å². The zero-order valence-corrected chi connectivity index (χ0v) is 22.4. The van der Waals surface area contributed by atoms with Crippen LogP contribution in [0.25, 0.3) is 6.08 Å². The Hall–Kier alpha value is -2.99. The summed E-state index contributed by atoms with van der Waals surface area (Å²) in [5.41, 5.74) is 0.768. The predicted molar refractivity (Wildman–Crippen MR) is 141 cm³/mol. The van der Waals surface area contributed by atoms with Crippen molar-refractivity contribution in [3.8, 4) is 0 Å². The standard InChI is InChI=1S/C31H38O6/c1-19-15-25-24(30(25,4)5)13-11-23(18-32)16-26-28(20(2)17-31(26,29(19)35)37-21(3)33)36-27(34)14-12-22-9-7-6-8-10-22/h6-10,12,14-16,20,24-26,28,32H,11,13,17-18H2,1-5H3/b14-12+,19-15+,23-16+/t20-,24-,25+,26-,28-,31+/m0/s1. The van der Waals surface area contributed by atoms with E-state index in [1.807, 2.05) is 49.4 Å². The molecule has 6 heteroatoms. The summed E-state index contributed by atoms with van der Waals surface area (Å²) in [6, 6.07) is 9.43. The Kier molecular flexibility index (Phi) is 7.61. The van der Waals surface area contributed by atoms with E-state index in [4.69, 9.17) is 9.47 Å². The van der Waals surface area contributed by atoms with Crippen LogP contribution < -0.4 is 0 Å². The molecule has 0 unspecified atom stereocenters. The molecule has 198 valence electrons. The number of ether oxygens (including phenoxy) is 2. The largest absolute Gasteiger partial charge is 0.458 e. The molecule has 0 spiro atoms. The summed E-state index contributed by atoms with van der Waals surface area (Å²) in [5, 5.41) is 10.2. The number of esters is 2. The minimum Gasteiger partial charge on any atom is -0.458 e. The molecule has 0 saturated heterocycles. The van der Waals surface area contributed by atoms with Crippen molar-refractivity contribution in [1.82, 2.24) is 0 Å². The van der Waals surface area contributed by atoms with Gasteiger partial charge in [0.25, 0.3) is 0 Å². The number of Topliss-reactive ketones (excluding diaryl/α,β-unsaturated/α-hetero) is 1. The molecule has 6 nitrogen and oxygen atoms in total. The van der Waals surface area contributed by atoms with Gasteiger partial charge in [-0.15, -0.1) is 0 Å². The van der Waals surface area contributed by atoms with E-state index in [1.165, 1.54) is 13.0 Å². The molecule has 0 heterocycles. The van der Waals surface area contributed by atoms with E-state index in [9.17, 15) is 19.5 Å². The van der Waals surface area contributed by atoms with Crippen molar-refractivity contribution >= 4 is 23.8 Å². The van der Waals surface area contributed by atoms with Gasteiger partial charge in [-0.25, -0.2) is 4.79 Å². The van der Waals surface area contributed by atoms with E-state index in [0.29, 0.717) is 17.9 Å². The van der Waals surface area contributed by atoms with E-state index in [1.54, 1.807) is 13.0 Å². The van der Waals surface area contributed by atoms with Crippen LogP contribution in [-0.2, 0) is 23.9 Å². The maximum atomic E-state index is 14.1. The van der Waals surface area contributed by atoms with Crippen molar-refractivity contribution in [3.05, 3.63) is 65.3 Å². The molecular weight excluding hydrogens is 468 g/mol. The second-order valence-electron chi connectivity index (χ2n) is 11.5. The predicted octanol–water partition coefficient (Wildman–Crippen LogP) is 5.07. The fourth-order valence-corrected chi connectivity index (χ4v) is 6.48. The van der Waals surface area contributed by atoms with Crippen LogP contribution in [0.15, 0.2) is 59.7 Å². The molecule has 4 rings (SSSR count). The van der Waals surface area contributed by atoms with Gasteiger partial charge in [0.2, 0.25) is 5.78 Å². The molecular formula is C31H38O6. The number of carbonyl (C=O) groups excluding carboxylic acids is 3. The zero-order valence-electron chi connectivity index (χ0n) is 22.4. The Bertz CT molecular complexity index is 1140. The number of ketones is 1. The van der Waals surface area contributed by atoms with Crippen LogP contribution in [0.2, 0.25) is 0 Å². The van der Waals surface area contributed by atoms with E-state index in [-0.39, 0.29) is 36.1 Å². The van der Waals surface area contributed by atoms with E-state index >= 15 is 0 Å². The van der Waals surface area contributed by atoms with Crippen LogP contribution >= 0.6 is 0 Å². The Balaban J connectivity index is 1.73. The summed E-state index contributed by atoms with van der Waals surface area (Å²) in [6.07, 6.45) is 8.01. The maximum absolute atomic E-state index is 14.1. The van der Waals surface area contributed by atoms with Gasteiger partial charge in [0, 0.05) is 19.4 Å². The highest BCUT2D eigenvalue weighted by Gasteiger charge is 2.61. The summed E-state index contributed by atoms with van der Waals surface area (Å²) in [5.74, 6) is -1.65. The maximum Gasteiger partial charge on any atom is 0.331 e. The van der Waals surface area contributed by atoms with Crippen molar-refractivity contribution < 1.29 is 29.0 Å². The first kappa shape index (κ1) is 27.1. The molecule has 6 atom stereocenters. The van der Waals surface area contributed by atoms with Crippen LogP contribution in [-0.4, -0.2) is 41.1 Å². The molecule has 37 heavy (non-hydrogen) atoms. The van der Waals surface area contributed by atoms with Gasteiger partial charge in [-0.2, -0.15) is 0 Å². The molecule has 0 aromatic heterocycles. The highest BCUT2D eigenvalue weighted by atomic mass is 16.6. The number of hydrogen-bond acceptors (Lipinski definition) is 6. The van der Waals surface area contributed by atoms with Crippen molar-refractivity contribution in [1.29, 1.82) is 0 Å². The van der Waals surface area contributed by atoms with Crippen LogP contribution in [0.4, 0.5) is 0 Å². The number of benzene rings is 1. The topological polar surface area (TPSA) is 89.9 Å². The molecule has 0 amide bonds. The molecule has 0 aliphatic heterocycles. The molecule has 3 aliphatic rings. The highest BCUT2D eigenvalue weighted by Crippen LogP contribution is 2.62. The SMILES string of the molecule is CC(=O)O[C@]12C[C@H](C)[C@H](OC(=O)/C=C/c3ccccc3)[C@@H]1/C=C(/CO)CC[C@H]1[C@@H](/C=C(\C)C2=O)C1(C)C. The number of allylic oxidation sites excluding steroid dienone is 1. The third-order valence-electron chi connectivity index (χ3n) is 8.57. The summed E-state index contributed by atoms with van der Waals surface area (Å²) in [7, 11) is 0. The summed E-state index contributed by atoms with van der Waals surface area (Å²) in [4.78, 5) is 39.3. The lowest BCUT2D eigenvalue weighted by atomic mass is 9.81. The molecule has 0 bridgehead atoms. The van der Waals surface area contributed by atoms with Crippen molar-refractivity contribution in [2.24, 2.45) is 29.1 Å². The Morgan fingerprint density at radius 3 is 2.49 bits per heavy atom. The van der Waals surface area contributed by atoms with Gasteiger partial charge in [-0.05, 0) is 65.7 Å². The van der Waals surface area contributed by atoms with Crippen LogP contribution in [0.5, 0.6) is 0 Å². The third-order valence-corrected chi connectivity index (χ3v) is 8.57. The quantitative estimate of drug-likeness (QED) is 0.341. The molecule has 1 N–H and O–H groups in total. The van der Waals surface area contributed by atoms with Gasteiger partial charge in [0.1, 0.15) is 6.10 Å². The Morgan fingerprint density at radius 1 is 1.14 bits per heavy atom. The van der Waals surface area contributed by atoms with Gasteiger partial charge < -0.3 is 14.6 Å². The molecule has 2 saturated carbocycles. The van der Waals surface area contributed by atoms with Gasteiger partial charge in [-0.1, -0.05) is 63.3 Å². The summed E-state index contributed by atoms with van der Waals surface area (Å²) in [6.45, 7) is 9.22. The van der Waals surface area contributed by atoms with Crippen LogP contribution in [0.3, 0.4) is 0 Å². The van der Waals surface area contributed by atoms with Gasteiger partial charge in [0.15, 0.2) is 5.60 Å². The second kappa shape index (κ2) is 10.4. The highest BCUT2D eigenvalue weighted by molar-refractivity contribution is 6.03. The van der Waals surface area contributed by atoms with Gasteiger partial charge in [0.05, 0.1) is 12.5 Å². The first-order chi connectivity index (χ1) is 17.5. The normalized spacial score (nSPS) is 35.7. The number of aliphatic hydroxyl groups excluding tert-OH is 1. The molecule has 0 radical (unpaired) electrons. The monoisotopic (exact) mass is 506 g/mol. The minimum atomic E-state index is -1.50. The number of carbonyl (C=O) groups is 3. The van der Waals surface area contributed by atoms with Crippen LogP contribution in [0, 0.1) is 29.1 Å². The van der Waals surface area contributed by atoms with Gasteiger partial charge >= 0.3 is 11.9 Å². The smallest absolute Gasteiger partial charge is 0.331 e. The average molecular weight is 507 g/mol. The fourth-order valence-electron chi connectivity index (χ4n) is 6.48. The number of hydrogen-bond donors (Lipinski definition) is 1. The minimum absolute atomic E-state index is 0.0709. The second-order valence-corrected chi connectivity index (χ2v) is 11.5. The van der Waals surface area contributed by atoms with Crippen molar-refractivity contribution in [3.63, 3.8) is 0 Å². The number of fused-ring (bicyclic) bond motifs is 2. The lowest BCUT2D eigenvalue weighted by molar-refractivity contribution is -0.169. The fraction of sp³-hybridized carbons (Fsp3) is 0.516. The molecule has 2 fully saturated rings. The first-order valence-electron chi connectivity index (χ1n) is 13.2. The lowest BCUT2D eigenvalue weighted by Crippen LogP contribution is -2.48. The third kappa shape index (κ3) is 5.35. The van der Waals surface area contributed by atoms with Crippen LogP contribution in [0.1, 0.15) is 59.4 Å². The molecule has 3 aliphatic carbocycles. The van der Waals surface area contributed by atoms with E-state index in [2.05, 4.69) is 13.8 Å².